The van der Waals surface area contributed by atoms with Crippen LogP contribution in [0, 0.1) is 11.6 Å². The first-order chi connectivity index (χ1) is 11.8. The molecule has 2 aromatic carbocycles. The van der Waals surface area contributed by atoms with Gasteiger partial charge in [-0.1, -0.05) is 11.6 Å². The zero-order chi connectivity index (χ0) is 18.4. The van der Waals surface area contributed by atoms with Crippen molar-refractivity contribution < 1.29 is 18.4 Å². The van der Waals surface area contributed by atoms with E-state index < -0.39 is 17.5 Å². The van der Waals surface area contributed by atoms with Gasteiger partial charge in [0.05, 0.1) is 18.8 Å². The Kier molecular flexibility index (Phi) is 6.44. The Hall–Kier alpha value is -2.51. The number of nitrogens with one attached hydrogen (secondary N) is 2. The number of amides is 2. The van der Waals surface area contributed by atoms with Gasteiger partial charge in [-0.3, -0.25) is 14.5 Å². The molecule has 0 unspecified atom stereocenters. The van der Waals surface area contributed by atoms with Crippen molar-refractivity contribution in [2.24, 2.45) is 0 Å². The van der Waals surface area contributed by atoms with Crippen LogP contribution in [0.15, 0.2) is 42.5 Å². The predicted octanol–water partition coefficient (Wildman–Crippen LogP) is 3.13. The van der Waals surface area contributed by atoms with Crippen LogP contribution in [0.5, 0.6) is 0 Å². The number of nitrogens with zero attached hydrogens (tertiary/aromatic N) is 1. The monoisotopic (exact) mass is 367 g/mol. The molecule has 25 heavy (non-hydrogen) atoms. The average Bonchev–Trinajstić information content (AvgIpc) is 2.52. The fraction of sp³-hybridized carbons (Fsp3) is 0.176. The fourth-order valence-corrected chi connectivity index (χ4v) is 2.19. The maximum Gasteiger partial charge on any atom is 0.238 e. The van der Waals surface area contributed by atoms with Gasteiger partial charge in [0.15, 0.2) is 0 Å². The SMILES string of the molecule is CN(CC(=O)Nc1ccc(Cl)cc1)CC(=O)Nc1ccc(F)cc1F. The molecular weight excluding hydrogens is 352 g/mol. The predicted molar refractivity (Wildman–Crippen MR) is 92.6 cm³/mol. The Morgan fingerprint density at radius 1 is 1.00 bits per heavy atom. The van der Waals surface area contributed by atoms with Gasteiger partial charge in [0.2, 0.25) is 11.8 Å². The number of carbonyl (C=O) groups excluding carboxylic acids is 2. The van der Waals surface area contributed by atoms with Crippen molar-refractivity contribution >= 4 is 34.8 Å². The Balaban J connectivity index is 1.82. The van der Waals surface area contributed by atoms with Gasteiger partial charge in [-0.2, -0.15) is 0 Å². The van der Waals surface area contributed by atoms with Gasteiger partial charge < -0.3 is 10.6 Å². The number of anilines is 2. The highest BCUT2D eigenvalue weighted by Crippen LogP contribution is 2.15. The summed E-state index contributed by atoms with van der Waals surface area (Å²) in [5.74, 6) is -2.43. The molecule has 0 spiro atoms. The van der Waals surface area contributed by atoms with Gasteiger partial charge in [0.1, 0.15) is 11.6 Å². The van der Waals surface area contributed by atoms with E-state index in [-0.39, 0.29) is 24.7 Å². The van der Waals surface area contributed by atoms with Crippen LogP contribution in [-0.2, 0) is 9.59 Å². The van der Waals surface area contributed by atoms with Crippen molar-refractivity contribution in [3.63, 3.8) is 0 Å². The number of carbonyl (C=O) groups is 2. The van der Waals surface area contributed by atoms with E-state index in [4.69, 9.17) is 11.6 Å². The molecule has 0 fully saturated rings. The first kappa shape index (κ1) is 18.8. The normalized spacial score (nSPS) is 10.6. The summed E-state index contributed by atoms with van der Waals surface area (Å²) in [7, 11) is 1.57. The van der Waals surface area contributed by atoms with Gasteiger partial charge in [0, 0.05) is 16.8 Å². The second-order valence-electron chi connectivity index (χ2n) is 5.40. The van der Waals surface area contributed by atoms with E-state index in [0.29, 0.717) is 16.8 Å². The third-order valence-corrected chi connectivity index (χ3v) is 3.41. The first-order valence-electron chi connectivity index (χ1n) is 7.32. The summed E-state index contributed by atoms with van der Waals surface area (Å²) in [6.45, 7) is -0.174. The molecule has 0 aromatic heterocycles. The first-order valence-corrected chi connectivity index (χ1v) is 7.70. The van der Waals surface area contributed by atoms with Crippen LogP contribution in [0.4, 0.5) is 20.2 Å². The van der Waals surface area contributed by atoms with Crippen LogP contribution in [0.3, 0.4) is 0 Å². The summed E-state index contributed by atoms with van der Waals surface area (Å²) >= 11 is 5.76. The molecule has 8 heteroatoms. The van der Waals surface area contributed by atoms with E-state index in [1.807, 2.05) is 0 Å². The van der Waals surface area contributed by atoms with E-state index >= 15 is 0 Å². The zero-order valence-electron chi connectivity index (χ0n) is 13.4. The smallest absolute Gasteiger partial charge is 0.238 e. The largest absolute Gasteiger partial charge is 0.325 e. The molecule has 5 nitrogen and oxygen atoms in total. The molecule has 0 aliphatic rings. The van der Waals surface area contributed by atoms with Crippen molar-refractivity contribution in [1.82, 2.24) is 4.90 Å². The molecule has 0 saturated heterocycles. The number of halogens is 3. The molecule has 2 rings (SSSR count). The Morgan fingerprint density at radius 3 is 2.20 bits per heavy atom. The van der Waals surface area contributed by atoms with Gasteiger partial charge in [-0.15, -0.1) is 0 Å². The summed E-state index contributed by atoms with van der Waals surface area (Å²) in [6, 6.07) is 9.46. The van der Waals surface area contributed by atoms with E-state index in [0.717, 1.165) is 12.1 Å². The molecule has 2 amide bonds. The zero-order valence-corrected chi connectivity index (χ0v) is 14.1. The van der Waals surface area contributed by atoms with Gasteiger partial charge >= 0.3 is 0 Å². The quantitative estimate of drug-likeness (QED) is 0.824. The standard InChI is InChI=1S/C17H16ClF2N3O2/c1-23(9-16(24)21-13-5-2-11(18)3-6-13)10-17(25)22-15-7-4-12(19)8-14(15)20/h2-8H,9-10H2,1H3,(H,21,24)(H,22,25). The van der Waals surface area contributed by atoms with Crippen LogP contribution in [0.25, 0.3) is 0 Å². The third-order valence-electron chi connectivity index (χ3n) is 3.16. The topological polar surface area (TPSA) is 61.4 Å². The average molecular weight is 368 g/mol. The van der Waals surface area contributed by atoms with Gasteiger partial charge in [0.25, 0.3) is 0 Å². The van der Waals surface area contributed by atoms with Crippen LogP contribution in [0.1, 0.15) is 0 Å². The third kappa shape index (κ3) is 6.13. The fourth-order valence-electron chi connectivity index (χ4n) is 2.06. The minimum Gasteiger partial charge on any atom is -0.325 e. The lowest BCUT2D eigenvalue weighted by atomic mass is 10.3. The number of likely N-dealkylation sites (N-methyl/N-ethyl adjacent to an activating group) is 1. The molecule has 0 radical (unpaired) electrons. The summed E-state index contributed by atoms with van der Waals surface area (Å²) in [6.07, 6.45) is 0. The van der Waals surface area contributed by atoms with Crippen LogP contribution in [-0.4, -0.2) is 36.9 Å². The summed E-state index contributed by atoms with van der Waals surface area (Å²) < 4.78 is 26.3. The van der Waals surface area contributed by atoms with Crippen LogP contribution in [0.2, 0.25) is 5.02 Å². The number of benzene rings is 2. The summed E-state index contributed by atoms with van der Waals surface area (Å²) in [5.41, 5.74) is 0.464. The van der Waals surface area contributed by atoms with E-state index in [2.05, 4.69) is 10.6 Å². The minimum atomic E-state index is -0.864. The molecule has 0 bridgehead atoms. The van der Waals surface area contributed by atoms with E-state index in [9.17, 15) is 18.4 Å². The molecule has 2 aromatic rings. The number of hydrogen-bond acceptors (Lipinski definition) is 3. The Morgan fingerprint density at radius 2 is 1.60 bits per heavy atom. The van der Waals surface area contributed by atoms with Crippen molar-refractivity contribution in [2.45, 2.75) is 0 Å². The molecule has 0 atom stereocenters. The highest BCUT2D eigenvalue weighted by molar-refractivity contribution is 6.30. The van der Waals surface area contributed by atoms with Crippen molar-refractivity contribution in [1.29, 1.82) is 0 Å². The van der Waals surface area contributed by atoms with Crippen molar-refractivity contribution in [2.75, 3.05) is 30.8 Å². The molecule has 132 valence electrons. The van der Waals surface area contributed by atoms with Crippen LogP contribution >= 0.6 is 11.6 Å². The van der Waals surface area contributed by atoms with Crippen molar-refractivity contribution in [3.8, 4) is 0 Å². The second-order valence-corrected chi connectivity index (χ2v) is 5.84. The summed E-state index contributed by atoms with van der Waals surface area (Å²) in [5, 5.41) is 5.55. The number of hydrogen-bond donors (Lipinski definition) is 2. The maximum absolute atomic E-state index is 13.5. The minimum absolute atomic E-state index is 0.0397. The summed E-state index contributed by atoms with van der Waals surface area (Å²) in [4.78, 5) is 25.3. The maximum atomic E-state index is 13.5. The second kappa shape index (κ2) is 8.55. The Labute approximate surface area is 148 Å². The number of rotatable bonds is 6. The highest BCUT2D eigenvalue weighted by atomic mass is 35.5. The highest BCUT2D eigenvalue weighted by Gasteiger charge is 2.13. The molecule has 0 heterocycles. The Bertz CT molecular complexity index is 769. The van der Waals surface area contributed by atoms with Crippen LogP contribution < -0.4 is 10.6 Å². The lowest BCUT2D eigenvalue weighted by molar-refractivity contribution is -0.119. The van der Waals surface area contributed by atoms with Gasteiger partial charge in [-0.25, -0.2) is 8.78 Å². The van der Waals surface area contributed by atoms with E-state index in [1.165, 1.54) is 4.90 Å². The molecule has 2 N–H and O–H groups in total. The molecule has 0 aliphatic carbocycles. The lowest BCUT2D eigenvalue weighted by Crippen LogP contribution is -2.36. The molecule has 0 aliphatic heterocycles. The van der Waals surface area contributed by atoms with Crippen molar-refractivity contribution in [3.05, 3.63) is 59.1 Å². The van der Waals surface area contributed by atoms with Gasteiger partial charge in [-0.05, 0) is 43.4 Å². The van der Waals surface area contributed by atoms with E-state index in [1.54, 1.807) is 31.3 Å². The molecule has 0 saturated carbocycles. The molecular formula is C17H16ClF2N3O2. The lowest BCUT2D eigenvalue weighted by Gasteiger charge is -2.16.